The van der Waals surface area contributed by atoms with Gasteiger partial charge in [-0.15, -0.1) is 11.6 Å². The van der Waals surface area contributed by atoms with E-state index >= 15 is 0 Å². The molecule has 0 amide bonds. The molecule has 100 valence electrons. The van der Waals surface area contributed by atoms with E-state index in [9.17, 15) is 4.39 Å². The van der Waals surface area contributed by atoms with Gasteiger partial charge in [0.25, 0.3) is 0 Å². The normalized spacial score (nSPS) is 17.6. The van der Waals surface area contributed by atoms with E-state index < -0.39 is 0 Å². The van der Waals surface area contributed by atoms with Gasteiger partial charge in [0.15, 0.2) is 0 Å². The number of benzene rings is 1. The molecule has 0 aromatic heterocycles. The van der Waals surface area contributed by atoms with Gasteiger partial charge in [0, 0.05) is 31.0 Å². The Morgan fingerprint density at radius 1 is 1.44 bits per heavy atom. The van der Waals surface area contributed by atoms with Gasteiger partial charge in [0.2, 0.25) is 0 Å². The molecule has 2 rings (SSSR count). The summed E-state index contributed by atoms with van der Waals surface area (Å²) in [5.41, 5.74) is 0.945. The van der Waals surface area contributed by atoms with Crippen LogP contribution in [-0.2, 0) is 11.2 Å². The zero-order chi connectivity index (χ0) is 12.8. The summed E-state index contributed by atoms with van der Waals surface area (Å²) in [4.78, 5) is 0. The second-order valence-corrected chi connectivity index (χ2v) is 4.58. The predicted molar refractivity (Wildman–Crippen MR) is 68.9 cm³/mol. The van der Waals surface area contributed by atoms with E-state index in [4.69, 9.17) is 21.1 Å². The van der Waals surface area contributed by atoms with Gasteiger partial charge in [-0.1, -0.05) is 0 Å². The van der Waals surface area contributed by atoms with Crippen molar-refractivity contribution in [3.8, 4) is 5.75 Å². The molecule has 0 fully saturated rings. The Hall–Kier alpha value is -0.840. The number of nitrogens with one attached hydrogen (secondary N) is 1. The van der Waals surface area contributed by atoms with E-state index in [-0.39, 0.29) is 11.9 Å². The maximum absolute atomic E-state index is 13.0. The monoisotopic (exact) mass is 273 g/mol. The minimum atomic E-state index is -0.208. The quantitative estimate of drug-likeness (QED) is 0.609. The van der Waals surface area contributed by atoms with E-state index in [1.54, 1.807) is 12.1 Å². The van der Waals surface area contributed by atoms with Crippen LogP contribution in [0.5, 0.6) is 5.75 Å². The number of hydrogen-bond donors (Lipinski definition) is 1. The second-order valence-electron chi connectivity index (χ2n) is 4.20. The number of alkyl halides is 1. The van der Waals surface area contributed by atoms with Crippen molar-refractivity contribution in [2.24, 2.45) is 0 Å². The molecule has 0 spiro atoms. The lowest BCUT2D eigenvalue weighted by atomic mass is 10.1. The smallest absolute Gasteiger partial charge is 0.123 e. The van der Waals surface area contributed by atoms with E-state index in [2.05, 4.69) is 5.32 Å². The van der Waals surface area contributed by atoms with Crippen LogP contribution in [0.2, 0.25) is 0 Å². The highest BCUT2D eigenvalue weighted by molar-refractivity contribution is 6.17. The summed E-state index contributed by atoms with van der Waals surface area (Å²) in [5, 5.41) is 3.25. The molecule has 18 heavy (non-hydrogen) atoms. The van der Waals surface area contributed by atoms with Gasteiger partial charge in [-0.25, -0.2) is 4.39 Å². The summed E-state index contributed by atoms with van der Waals surface area (Å²) in [6.45, 7) is 2.72. The molecule has 1 aliphatic heterocycles. The molecule has 0 radical (unpaired) electrons. The van der Waals surface area contributed by atoms with Crippen LogP contribution in [0.25, 0.3) is 0 Å². The molecule has 1 unspecified atom stereocenters. The van der Waals surface area contributed by atoms with Crippen molar-refractivity contribution in [1.82, 2.24) is 5.32 Å². The molecule has 1 N–H and O–H groups in total. The number of rotatable bonds is 7. The summed E-state index contributed by atoms with van der Waals surface area (Å²) < 4.78 is 24.0. The zero-order valence-electron chi connectivity index (χ0n) is 10.1. The van der Waals surface area contributed by atoms with Crippen molar-refractivity contribution in [2.45, 2.75) is 12.5 Å². The molecule has 0 saturated heterocycles. The summed E-state index contributed by atoms with van der Waals surface area (Å²) >= 11 is 5.49. The molecular weight excluding hydrogens is 257 g/mol. The van der Waals surface area contributed by atoms with Crippen LogP contribution in [0, 0.1) is 5.82 Å². The molecule has 1 aromatic carbocycles. The highest BCUT2D eigenvalue weighted by Crippen LogP contribution is 2.28. The van der Waals surface area contributed by atoms with Crippen molar-refractivity contribution in [1.29, 1.82) is 0 Å². The lowest BCUT2D eigenvalue weighted by Crippen LogP contribution is -2.32. The number of halogens is 2. The first-order chi connectivity index (χ1) is 8.79. The van der Waals surface area contributed by atoms with Gasteiger partial charge in [0.1, 0.15) is 17.7 Å². The minimum Gasteiger partial charge on any atom is -0.488 e. The van der Waals surface area contributed by atoms with Crippen LogP contribution >= 0.6 is 11.6 Å². The Kier molecular flexibility index (Phi) is 5.23. The Bertz CT molecular complexity index is 389. The van der Waals surface area contributed by atoms with E-state index in [0.29, 0.717) is 19.1 Å². The third kappa shape index (κ3) is 3.83. The van der Waals surface area contributed by atoms with Gasteiger partial charge in [0.05, 0.1) is 13.2 Å². The van der Waals surface area contributed by atoms with Gasteiger partial charge >= 0.3 is 0 Å². The molecule has 0 saturated carbocycles. The Morgan fingerprint density at radius 3 is 3.17 bits per heavy atom. The average molecular weight is 274 g/mol. The third-order valence-corrected chi connectivity index (χ3v) is 2.93. The first kappa shape index (κ1) is 13.6. The van der Waals surface area contributed by atoms with Crippen LogP contribution in [0.4, 0.5) is 4.39 Å². The van der Waals surface area contributed by atoms with Crippen molar-refractivity contribution in [3.63, 3.8) is 0 Å². The van der Waals surface area contributed by atoms with Gasteiger partial charge < -0.3 is 14.8 Å². The van der Waals surface area contributed by atoms with Crippen molar-refractivity contribution in [2.75, 3.05) is 32.2 Å². The number of hydrogen-bond acceptors (Lipinski definition) is 3. The van der Waals surface area contributed by atoms with E-state index in [1.165, 1.54) is 6.07 Å². The summed E-state index contributed by atoms with van der Waals surface area (Å²) in [6.07, 6.45) is 0.831. The van der Waals surface area contributed by atoms with Crippen molar-refractivity contribution in [3.05, 3.63) is 29.6 Å². The van der Waals surface area contributed by atoms with Gasteiger partial charge in [-0.3, -0.25) is 0 Å². The summed E-state index contributed by atoms with van der Waals surface area (Å²) in [7, 11) is 0. The molecule has 1 atom stereocenters. The topological polar surface area (TPSA) is 30.5 Å². The maximum atomic E-state index is 13.0. The largest absolute Gasteiger partial charge is 0.488 e. The van der Waals surface area contributed by atoms with Gasteiger partial charge in [-0.05, 0) is 18.2 Å². The lowest BCUT2D eigenvalue weighted by molar-refractivity contribution is 0.146. The Balaban J connectivity index is 1.65. The average Bonchev–Trinajstić information content (AvgIpc) is 2.75. The molecule has 1 aliphatic rings. The fourth-order valence-electron chi connectivity index (χ4n) is 1.97. The molecule has 0 bridgehead atoms. The zero-order valence-corrected chi connectivity index (χ0v) is 10.9. The highest BCUT2D eigenvalue weighted by atomic mass is 35.5. The van der Waals surface area contributed by atoms with Crippen LogP contribution in [0.3, 0.4) is 0 Å². The minimum absolute atomic E-state index is 0.0785. The molecule has 1 heterocycles. The SMILES string of the molecule is Fc1ccc2c(c1)CC(CNCCOCCCl)O2. The fourth-order valence-corrected chi connectivity index (χ4v) is 2.08. The fraction of sp³-hybridized carbons (Fsp3) is 0.538. The first-order valence-corrected chi connectivity index (χ1v) is 6.62. The second kappa shape index (κ2) is 6.92. The maximum Gasteiger partial charge on any atom is 0.123 e. The molecular formula is C13H17ClFNO2. The molecule has 1 aromatic rings. The van der Waals surface area contributed by atoms with Crippen molar-refractivity contribution >= 4 is 11.6 Å². The molecule has 3 nitrogen and oxygen atoms in total. The van der Waals surface area contributed by atoms with Crippen LogP contribution in [0.1, 0.15) is 5.56 Å². The molecule has 5 heteroatoms. The number of fused-ring (bicyclic) bond motifs is 1. The van der Waals surface area contributed by atoms with Gasteiger partial charge in [-0.2, -0.15) is 0 Å². The standard InChI is InChI=1S/C13H17ClFNO2/c14-3-5-17-6-4-16-9-12-8-10-7-11(15)1-2-13(10)18-12/h1-2,7,12,16H,3-6,8-9H2. The predicted octanol–water partition coefficient (Wildman–Crippen LogP) is 1.97. The van der Waals surface area contributed by atoms with Crippen molar-refractivity contribution < 1.29 is 13.9 Å². The van der Waals surface area contributed by atoms with E-state index in [0.717, 1.165) is 30.8 Å². The van der Waals surface area contributed by atoms with Crippen LogP contribution in [-0.4, -0.2) is 38.3 Å². The van der Waals surface area contributed by atoms with Crippen LogP contribution in [0.15, 0.2) is 18.2 Å². The third-order valence-electron chi connectivity index (χ3n) is 2.78. The van der Waals surface area contributed by atoms with E-state index in [1.807, 2.05) is 0 Å². The highest BCUT2D eigenvalue weighted by Gasteiger charge is 2.22. The Morgan fingerprint density at radius 2 is 2.33 bits per heavy atom. The van der Waals surface area contributed by atoms with Crippen LogP contribution < -0.4 is 10.1 Å². The lowest BCUT2D eigenvalue weighted by Gasteiger charge is -2.11. The number of ether oxygens (including phenoxy) is 2. The summed E-state index contributed by atoms with van der Waals surface area (Å²) in [6, 6.07) is 4.65. The Labute approximate surface area is 111 Å². The first-order valence-electron chi connectivity index (χ1n) is 6.09. The molecule has 0 aliphatic carbocycles. The summed E-state index contributed by atoms with van der Waals surface area (Å²) in [5.74, 6) is 1.11.